The summed E-state index contributed by atoms with van der Waals surface area (Å²) in [6, 6.07) is 5.36. The summed E-state index contributed by atoms with van der Waals surface area (Å²) >= 11 is 5.75. The number of anilines is 1. The van der Waals surface area contributed by atoms with Crippen LogP contribution in [0, 0.1) is 0 Å². The molecule has 8 heteroatoms. The quantitative estimate of drug-likeness (QED) is 0.864. The number of hydrogen-bond donors (Lipinski definition) is 1. The molecule has 0 saturated heterocycles. The Morgan fingerprint density at radius 2 is 1.95 bits per heavy atom. The standard InChI is InChI=1S/C13H10ClF3N2O2/c1-20-8-2-3-10(18)11(5-8)21-12-9(14)4-7(6-19-12)13(15,16)17/h2-6H,18H2,1H3. The SMILES string of the molecule is COc1ccc(N)c(Oc2ncc(C(F)(F)F)cc2Cl)c1. The average Bonchev–Trinajstić information content (AvgIpc) is 2.42. The van der Waals surface area contributed by atoms with Crippen molar-refractivity contribution in [3.8, 4) is 17.4 Å². The van der Waals surface area contributed by atoms with E-state index in [2.05, 4.69) is 4.98 Å². The molecule has 0 atom stereocenters. The molecule has 1 aromatic carbocycles. The molecule has 112 valence electrons. The number of ether oxygens (including phenoxy) is 2. The molecule has 0 bridgehead atoms. The van der Waals surface area contributed by atoms with E-state index in [0.717, 1.165) is 6.07 Å². The Kier molecular flexibility index (Phi) is 4.13. The lowest BCUT2D eigenvalue weighted by Gasteiger charge is -2.12. The largest absolute Gasteiger partial charge is 0.497 e. The van der Waals surface area contributed by atoms with Crippen molar-refractivity contribution in [2.24, 2.45) is 0 Å². The number of nitrogen functional groups attached to an aromatic ring is 1. The molecule has 0 aliphatic heterocycles. The fourth-order valence-corrected chi connectivity index (χ4v) is 1.69. The first-order chi connectivity index (χ1) is 9.81. The van der Waals surface area contributed by atoms with Crippen molar-refractivity contribution in [3.63, 3.8) is 0 Å². The van der Waals surface area contributed by atoms with Gasteiger partial charge in [-0.25, -0.2) is 4.98 Å². The molecule has 0 saturated carbocycles. The van der Waals surface area contributed by atoms with Crippen LogP contribution in [0.5, 0.6) is 17.4 Å². The van der Waals surface area contributed by atoms with Gasteiger partial charge in [0.25, 0.3) is 0 Å². The van der Waals surface area contributed by atoms with Crippen LogP contribution >= 0.6 is 11.6 Å². The van der Waals surface area contributed by atoms with E-state index in [0.29, 0.717) is 11.9 Å². The van der Waals surface area contributed by atoms with Gasteiger partial charge in [-0.05, 0) is 18.2 Å². The molecule has 0 amide bonds. The second-order valence-electron chi connectivity index (χ2n) is 4.01. The molecule has 2 aromatic rings. The molecule has 0 aliphatic carbocycles. The molecule has 2 N–H and O–H groups in total. The van der Waals surface area contributed by atoms with Crippen LogP contribution < -0.4 is 15.2 Å². The Hall–Kier alpha value is -2.15. The number of halogens is 4. The number of nitrogens with zero attached hydrogens (tertiary/aromatic N) is 1. The fourth-order valence-electron chi connectivity index (χ4n) is 1.49. The lowest BCUT2D eigenvalue weighted by molar-refractivity contribution is -0.137. The Morgan fingerprint density at radius 3 is 2.52 bits per heavy atom. The number of nitrogens with two attached hydrogens (primary N) is 1. The number of hydrogen-bond acceptors (Lipinski definition) is 4. The van der Waals surface area contributed by atoms with Gasteiger partial charge in [-0.2, -0.15) is 13.2 Å². The lowest BCUT2D eigenvalue weighted by Crippen LogP contribution is -2.06. The number of aromatic nitrogens is 1. The minimum atomic E-state index is -4.52. The van der Waals surface area contributed by atoms with Gasteiger partial charge in [-0.3, -0.25) is 0 Å². The van der Waals surface area contributed by atoms with Crippen molar-refractivity contribution >= 4 is 17.3 Å². The van der Waals surface area contributed by atoms with Crippen molar-refractivity contribution in [1.82, 2.24) is 4.98 Å². The number of alkyl halides is 3. The van der Waals surface area contributed by atoms with E-state index in [9.17, 15) is 13.2 Å². The van der Waals surface area contributed by atoms with Crippen molar-refractivity contribution in [2.45, 2.75) is 6.18 Å². The minimum Gasteiger partial charge on any atom is -0.497 e. The lowest BCUT2D eigenvalue weighted by atomic mass is 10.2. The number of benzene rings is 1. The summed E-state index contributed by atoms with van der Waals surface area (Å²) in [6.45, 7) is 0. The van der Waals surface area contributed by atoms with E-state index in [4.69, 9.17) is 26.8 Å². The van der Waals surface area contributed by atoms with Gasteiger partial charge in [0, 0.05) is 12.3 Å². The van der Waals surface area contributed by atoms with E-state index in [1.807, 2.05) is 0 Å². The van der Waals surface area contributed by atoms with Gasteiger partial charge in [-0.15, -0.1) is 0 Å². The second-order valence-corrected chi connectivity index (χ2v) is 4.42. The molecule has 4 nitrogen and oxygen atoms in total. The molecule has 2 rings (SSSR count). The van der Waals surface area contributed by atoms with E-state index in [1.165, 1.54) is 19.2 Å². The van der Waals surface area contributed by atoms with Gasteiger partial charge in [0.15, 0.2) is 5.75 Å². The highest BCUT2D eigenvalue weighted by molar-refractivity contribution is 6.31. The smallest absolute Gasteiger partial charge is 0.417 e. The highest BCUT2D eigenvalue weighted by Crippen LogP contribution is 2.36. The molecule has 0 spiro atoms. The molecule has 0 unspecified atom stereocenters. The molecular weight excluding hydrogens is 309 g/mol. The summed E-state index contributed by atoms with van der Waals surface area (Å²) in [5.74, 6) is 0.482. The molecule has 1 heterocycles. The zero-order chi connectivity index (χ0) is 15.6. The summed E-state index contributed by atoms with van der Waals surface area (Å²) in [6.07, 6.45) is -3.89. The minimum absolute atomic E-state index is 0.176. The summed E-state index contributed by atoms with van der Waals surface area (Å²) in [4.78, 5) is 3.57. The van der Waals surface area contributed by atoms with Crippen LogP contribution in [-0.4, -0.2) is 12.1 Å². The zero-order valence-electron chi connectivity index (χ0n) is 10.7. The Balaban J connectivity index is 2.32. The van der Waals surface area contributed by atoms with Crippen LogP contribution in [0.2, 0.25) is 5.02 Å². The first-order valence-electron chi connectivity index (χ1n) is 5.65. The van der Waals surface area contributed by atoms with Crippen LogP contribution in [0.25, 0.3) is 0 Å². The monoisotopic (exact) mass is 318 g/mol. The van der Waals surface area contributed by atoms with Gasteiger partial charge >= 0.3 is 6.18 Å². The second kappa shape index (κ2) is 5.69. The van der Waals surface area contributed by atoms with Crippen molar-refractivity contribution in [3.05, 3.63) is 41.0 Å². The van der Waals surface area contributed by atoms with Gasteiger partial charge in [0.05, 0.1) is 18.4 Å². The molecular formula is C13H10ClF3N2O2. The highest BCUT2D eigenvalue weighted by atomic mass is 35.5. The maximum atomic E-state index is 12.5. The van der Waals surface area contributed by atoms with Crippen LogP contribution in [0.4, 0.5) is 18.9 Å². The molecule has 0 aliphatic rings. The number of pyridine rings is 1. The van der Waals surface area contributed by atoms with Crippen LogP contribution in [0.15, 0.2) is 30.5 Å². The Morgan fingerprint density at radius 1 is 1.24 bits per heavy atom. The topological polar surface area (TPSA) is 57.4 Å². The summed E-state index contributed by atoms with van der Waals surface area (Å²) < 4.78 is 47.9. The van der Waals surface area contributed by atoms with Gasteiger partial charge in [-0.1, -0.05) is 11.6 Å². The number of methoxy groups -OCH3 is 1. The molecule has 0 radical (unpaired) electrons. The summed E-state index contributed by atoms with van der Waals surface area (Å²) in [5.41, 5.74) is 5.02. The molecule has 1 aromatic heterocycles. The van der Waals surface area contributed by atoms with Crippen LogP contribution in [0.1, 0.15) is 5.56 Å². The van der Waals surface area contributed by atoms with E-state index in [-0.39, 0.29) is 22.3 Å². The predicted molar refractivity (Wildman–Crippen MR) is 71.7 cm³/mol. The summed E-state index contributed by atoms with van der Waals surface area (Å²) in [5, 5.41) is -0.271. The van der Waals surface area contributed by atoms with Crippen molar-refractivity contribution in [1.29, 1.82) is 0 Å². The van der Waals surface area contributed by atoms with E-state index >= 15 is 0 Å². The summed E-state index contributed by atoms with van der Waals surface area (Å²) in [7, 11) is 1.46. The Bertz CT molecular complexity index is 662. The van der Waals surface area contributed by atoms with Gasteiger partial charge in [0.1, 0.15) is 10.8 Å². The van der Waals surface area contributed by atoms with Crippen molar-refractivity contribution in [2.75, 3.05) is 12.8 Å². The Labute approximate surface area is 123 Å². The first kappa shape index (κ1) is 15.2. The highest BCUT2D eigenvalue weighted by Gasteiger charge is 2.31. The van der Waals surface area contributed by atoms with Crippen LogP contribution in [0.3, 0.4) is 0 Å². The van der Waals surface area contributed by atoms with Gasteiger partial charge < -0.3 is 15.2 Å². The maximum absolute atomic E-state index is 12.5. The third-order valence-electron chi connectivity index (χ3n) is 2.56. The normalized spacial score (nSPS) is 11.3. The third-order valence-corrected chi connectivity index (χ3v) is 2.83. The number of rotatable bonds is 3. The van der Waals surface area contributed by atoms with Crippen LogP contribution in [-0.2, 0) is 6.18 Å². The van der Waals surface area contributed by atoms with Gasteiger partial charge in [0.2, 0.25) is 5.88 Å². The first-order valence-corrected chi connectivity index (χ1v) is 6.03. The molecule has 0 fully saturated rings. The zero-order valence-corrected chi connectivity index (χ0v) is 11.5. The van der Waals surface area contributed by atoms with E-state index < -0.39 is 11.7 Å². The van der Waals surface area contributed by atoms with E-state index in [1.54, 1.807) is 6.07 Å². The molecule has 21 heavy (non-hydrogen) atoms. The average molecular weight is 319 g/mol. The third kappa shape index (κ3) is 3.49. The maximum Gasteiger partial charge on any atom is 0.417 e. The fraction of sp³-hybridized carbons (Fsp3) is 0.154. The predicted octanol–water partition coefficient (Wildman–Crippen LogP) is 4.14. The van der Waals surface area contributed by atoms with Crippen molar-refractivity contribution < 1.29 is 22.6 Å².